The summed E-state index contributed by atoms with van der Waals surface area (Å²) in [6.07, 6.45) is 0.809. The third-order valence-corrected chi connectivity index (χ3v) is 3.19. The van der Waals surface area contributed by atoms with Crippen molar-refractivity contribution in [3.8, 4) is 0 Å². The van der Waals surface area contributed by atoms with Crippen LogP contribution in [0.15, 0.2) is 16.6 Å². The lowest BCUT2D eigenvalue weighted by Crippen LogP contribution is -2.33. The molecule has 6 N–H and O–H groups in total. The highest BCUT2D eigenvalue weighted by Gasteiger charge is 2.08. The van der Waals surface area contributed by atoms with Gasteiger partial charge in [0.2, 0.25) is 0 Å². The Morgan fingerprint density at radius 3 is 2.94 bits per heavy atom. The first-order chi connectivity index (χ1) is 8.02. The maximum absolute atomic E-state index is 10.5. The van der Waals surface area contributed by atoms with Crippen LogP contribution in [0.3, 0.4) is 0 Å². The minimum absolute atomic E-state index is 0.107. The number of hydrogen-bond donors (Lipinski definition) is 4. The average molecular weight is 256 g/mol. The first-order valence-electron chi connectivity index (χ1n) is 5.11. The fourth-order valence-corrected chi connectivity index (χ4v) is 2.41. The molecule has 0 saturated heterocycles. The van der Waals surface area contributed by atoms with Gasteiger partial charge in [0.15, 0.2) is 5.84 Å². The Hall–Kier alpha value is -1.76. The lowest BCUT2D eigenvalue weighted by molar-refractivity contribution is 0.247. The summed E-state index contributed by atoms with van der Waals surface area (Å²) in [5.41, 5.74) is 11.2. The van der Waals surface area contributed by atoms with E-state index in [1.807, 2.05) is 18.4 Å². The number of amides is 2. The summed E-state index contributed by atoms with van der Waals surface area (Å²) in [5, 5.41) is 15.9. The van der Waals surface area contributed by atoms with Gasteiger partial charge in [0, 0.05) is 22.4 Å². The molecule has 6 nitrogen and oxygen atoms in total. The predicted molar refractivity (Wildman–Crippen MR) is 67.3 cm³/mol. The summed E-state index contributed by atoms with van der Waals surface area (Å²) in [6, 6.07) is 1.36. The first-order valence-corrected chi connectivity index (χ1v) is 5.99. The molecular weight excluding hydrogens is 240 g/mol. The van der Waals surface area contributed by atoms with Crippen LogP contribution in [-0.2, 0) is 6.42 Å². The van der Waals surface area contributed by atoms with E-state index in [1.165, 1.54) is 11.3 Å². The van der Waals surface area contributed by atoms with Crippen molar-refractivity contribution in [2.75, 3.05) is 6.54 Å². The van der Waals surface area contributed by atoms with E-state index in [9.17, 15) is 4.79 Å². The Labute approximate surface area is 103 Å². The lowest BCUT2D eigenvalue weighted by Gasteiger charge is -2.09. The van der Waals surface area contributed by atoms with Crippen LogP contribution in [-0.4, -0.2) is 23.6 Å². The number of hydrogen-bond acceptors (Lipinski definition) is 4. The van der Waals surface area contributed by atoms with Gasteiger partial charge >= 0.3 is 6.03 Å². The third kappa shape index (κ3) is 4.31. The topological polar surface area (TPSA) is 114 Å². The Kier molecular flexibility index (Phi) is 4.77. The van der Waals surface area contributed by atoms with Crippen molar-refractivity contribution in [1.82, 2.24) is 5.32 Å². The molecule has 0 aliphatic heterocycles. The van der Waals surface area contributed by atoms with Gasteiger partial charge in [-0.3, -0.25) is 0 Å². The summed E-state index contributed by atoms with van der Waals surface area (Å²) >= 11 is 1.54. The number of primary amides is 1. The van der Waals surface area contributed by atoms with Gasteiger partial charge in [-0.05, 0) is 18.4 Å². The molecule has 1 aromatic rings. The zero-order valence-corrected chi connectivity index (χ0v) is 10.3. The molecule has 0 radical (unpaired) electrons. The molecule has 0 saturated carbocycles. The Morgan fingerprint density at radius 2 is 2.35 bits per heavy atom. The monoisotopic (exact) mass is 256 g/mol. The van der Waals surface area contributed by atoms with Gasteiger partial charge in [-0.1, -0.05) is 12.1 Å². The van der Waals surface area contributed by atoms with E-state index in [-0.39, 0.29) is 11.8 Å². The number of oxime groups is 1. The molecule has 0 fully saturated rings. The molecule has 0 aromatic carbocycles. The normalized spacial score (nSPS) is 13.4. The molecule has 0 spiro atoms. The van der Waals surface area contributed by atoms with Crippen LogP contribution in [0.2, 0.25) is 0 Å². The molecule has 1 aromatic heterocycles. The summed E-state index contributed by atoms with van der Waals surface area (Å²) < 4.78 is 0. The van der Waals surface area contributed by atoms with Crippen molar-refractivity contribution in [3.63, 3.8) is 0 Å². The fourth-order valence-electron chi connectivity index (χ4n) is 1.37. The smallest absolute Gasteiger partial charge is 0.312 e. The number of carbonyl (C=O) groups excluding carboxylic acids is 1. The average Bonchev–Trinajstić information content (AvgIpc) is 2.73. The van der Waals surface area contributed by atoms with Gasteiger partial charge in [0.05, 0.1) is 0 Å². The van der Waals surface area contributed by atoms with Crippen LogP contribution in [0.25, 0.3) is 0 Å². The van der Waals surface area contributed by atoms with E-state index >= 15 is 0 Å². The standard InChI is InChI=1S/C10H16N4O2S/c1-6(4-13-10(12)15)2-8-3-7(5-17-8)9(11)14-16/h3,5-6,16H,2,4H2,1H3,(H2,11,14)(H3,12,13,15). The molecule has 2 amide bonds. The van der Waals surface area contributed by atoms with E-state index in [0.29, 0.717) is 12.1 Å². The maximum Gasteiger partial charge on any atom is 0.312 e. The van der Waals surface area contributed by atoms with Gasteiger partial charge in [-0.25, -0.2) is 4.79 Å². The second-order valence-electron chi connectivity index (χ2n) is 3.84. The first kappa shape index (κ1) is 13.3. The molecule has 1 unspecified atom stereocenters. The van der Waals surface area contributed by atoms with Gasteiger partial charge in [-0.2, -0.15) is 0 Å². The zero-order chi connectivity index (χ0) is 12.8. The second-order valence-corrected chi connectivity index (χ2v) is 4.84. The fraction of sp³-hybridized carbons (Fsp3) is 0.400. The van der Waals surface area contributed by atoms with Crippen molar-refractivity contribution < 1.29 is 10.0 Å². The third-order valence-electron chi connectivity index (χ3n) is 2.23. The van der Waals surface area contributed by atoms with Crippen LogP contribution < -0.4 is 16.8 Å². The zero-order valence-electron chi connectivity index (χ0n) is 9.51. The Balaban J connectivity index is 2.51. The van der Waals surface area contributed by atoms with E-state index in [1.54, 1.807) is 0 Å². The Bertz CT molecular complexity index is 416. The van der Waals surface area contributed by atoms with Gasteiger partial charge in [-0.15, -0.1) is 11.3 Å². The van der Waals surface area contributed by atoms with Gasteiger partial charge in [0.25, 0.3) is 0 Å². The SMILES string of the molecule is CC(CNC(N)=O)Cc1cc(C(N)=NO)cs1. The maximum atomic E-state index is 10.5. The molecule has 94 valence electrons. The number of nitrogens with one attached hydrogen (secondary N) is 1. The van der Waals surface area contributed by atoms with Gasteiger partial charge in [0.1, 0.15) is 0 Å². The molecular formula is C10H16N4O2S. The Morgan fingerprint density at radius 1 is 1.65 bits per heavy atom. The van der Waals surface area contributed by atoms with Crippen molar-refractivity contribution in [2.24, 2.45) is 22.5 Å². The van der Waals surface area contributed by atoms with Crippen molar-refractivity contribution in [1.29, 1.82) is 0 Å². The van der Waals surface area contributed by atoms with E-state index in [4.69, 9.17) is 16.7 Å². The summed E-state index contributed by atoms with van der Waals surface area (Å²) in [6.45, 7) is 2.55. The summed E-state index contributed by atoms with van der Waals surface area (Å²) in [4.78, 5) is 11.7. The van der Waals surface area contributed by atoms with Crippen LogP contribution in [0.4, 0.5) is 4.79 Å². The van der Waals surface area contributed by atoms with Crippen molar-refractivity contribution in [3.05, 3.63) is 21.9 Å². The van der Waals surface area contributed by atoms with E-state index < -0.39 is 6.03 Å². The molecule has 0 bridgehead atoms. The number of nitrogens with zero attached hydrogens (tertiary/aromatic N) is 1. The molecule has 0 aliphatic rings. The van der Waals surface area contributed by atoms with Gasteiger partial charge < -0.3 is 22.0 Å². The number of carbonyl (C=O) groups is 1. The number of urea groups is 1. The van der Waals surface area contributed by atoms with E-state index in [0.717, 1.165) is 11.3 Å². The molecule has 1 rings (SSSR count). The molecule has 1 heterocycles. The largest absolute Gasteiger partial charge is 0.409 e. The molecule has 17 heavy (non-hydrogen) atoms. The highest BCUT2D eigenvalue weighted by Crippen LogP contribution is 2.18. The van der Waals surface area contributed by atoms with Crippen LogP contribution in [0.1, 0.15) is 17.4 Å². The minimum Gasteiger partial charge on any atom is -0.409 e. The minimum atomic E-state index is -0.514. The van der Waals surface area contributed by atoms with Crippen molar-refractivity contribution >= 4 is 23.2 Å². The van der Waals surface area contributed by atoms with Crippen LogP contribution in [0.5, 0.6) is 0 Å². The lowest BCUT2D eigenvalue weighted by atomic mass is 10.1. The number of amidine groups is 1. The number of nitrogens with two attached hydrogens (primary N) is 2. The predicted octanol–water partition coefficient (Wildman–Crippen LogP) is 0.690. The molecule has 7 heteroatoms. The van der Waals surface area contributed by atoms with E-state index in [2.05, 4.69) is 10.5 Å². The summed E-state index contributed by atoms with van der Waals surface area (Å²) in [5.74, 6) is 0.386. The number of rotatable bonds is 5. The highest BCUT2D eigenvalue weighted by molar-refractivity contribution is 7.10. The van der Waals surface area contributed by atoms with Crippen LogP contribution in [0, 0.1) is 5.92 Å². The van der Waals surface area contributed by atoms with Crippen molar-refractivity contribution in [2.45, 2.75) is 13.3 Å². The quantitative estimate of drug-likeness (QED) is 0.269. The van der Waals surface area contributed by atoms with Crippen LogP contribution >= 0.6 is 11.3 Å². The highest BCUT2D eigenvalue weighted by atomic mass is 32.1. The number of thiophene rings is 1. The molecule has 0 aliphatic carbocycles. The molecule has 1 atom stereocenters. The summed E-state index contributed by atoms with van der Waals surface area (Å²) in [7, 11) is 0. The second kappa shape index (κ2) is 6.09.